The maximum absolute atomic E-state index is 11.7. The van der Waals surface area contributed by atoms with E-state index in [9.17, 15) is 4.79 Å². The van der Waals surface area contributed by atoms with E-state index >= 15 is 0 Å². The summed E-state index contributed by atoms with van der Waals surface area (Å²) < 4.78 is 4.30. The van der Waals surface area contributed by atoms with Crippen molar-refractivity contribution in [3.05, 3.63) is 35.9 Å². The van der Waals surface area contributed by atoms with Crippen LogP contribution in [0.1, 0.15) is 25.8 Å². The van der Waals surface area contributed by atoms with E-state index in [-0.39, 0.29) is 11.3 Å². The Labute approximate surface area is 122 Å². The van der Waals surface area contributed by atoms with Gasteiger partial charge < -0.3 is 4.74 Å². The molecule has 2 unspecified atom stereocenters. The van der Waals surface area contributed by atoms with Crippen LogP contribution in [0.5, 0.6) is 0 Å². The van der Waals surface area contributed by atoms with Crippen molar-refractivity contribution in [2.75, 3.05) is 6.61 Å². The number of rotatable bonds is 6. The van der Waals surface area contributed by atoms with Gasteiger partial charge in [-0.3, -0.25) is 4.79 Å². The molecule has 100 valence electrons. The molecule has 18 heavy (non-hydrogen) atoms. The molecule has 0 radical (unpaired) electrons. The summed E-state index contributed by atoms with van der Waals surface area (Å²) in [5.74, 6) is -0.260. The zero-order chi connectivity index (χ0) is 13.6. The monoisotopic (exact) mass is 332 g/mol. The lowest BCUT2D eigenvalue weighted by molar-refractivity contribution is -0.145. The van der Waals surface area contributed by atoms with Gasteiger partial charge in [0, 0.05) is 5.38 Å². The van der Waals surface area contributed by atoms with Gasteiger partial charge in [-0.1, -0.05) is 46.3 Å². The number of carbonyl (C=O) groups excluding carboxylic acids is 1. The number of benzene rings is 1. The van der Waals surface area contributed by atoms with E-state index in [2.05, 4.69) is 15.9 Å². The molecule has 1 aromatic rings. The molecule has 2 atom stereocenters. The van der Waals surface area contributed by atoms with Gasteiger partial charge in [-0.25, -0.2) is 0 Å². The molecule has 1 aromatic carbocycles. The molecule has 0 saturated carbocycles. The van der Waals surface area contributed by atoms with Gasteiger partial charge in [-0.2, -0.15) is 0 Å². The van der Waals surface area contributed by atoms with Crippen LogP contribution >= 0.6 is 27.5 Å². The summed E-state index contributed by atoms with van der Waals surface area (Å²) in [6, 6.07) is 10.0. The molecule has 0 fully saturated rings. The summed E-state index contributed by atoms with van der Waals surface area (Å²) in [7, 11) is 0. The molecule has 0 aliphatic rings. The number of ether oxygens (including phenoxy) is 1. The fourth-order valence-electron chi connectivity index (χ4n) is 1.72. The Bertz CT molecular complexity index is 379. The van der Waals surface area contributed by atoms with Crippen molar-refractivity contribution in [1.29, 1.82) is 0 Å². The van der Waals surface area contributed by atoms with Gasteiger partial charge in [0.1, 0.15) is 4.32 Å². The van der Waals surface area contributed by atoms with E-state index in [4.69, 9.17) is 16.3 Å². The standard InChI is InChI=1S/C14H18BrClO2/c1-3-18-13(17)14(2,15)10-12(16)9-11-7-5-4-6-8-11/h4-8,12H,3,9-10H2,1-2H3. The molecule has 0 aliphatic carbocycles. The summed E-state index contributed by atoms with van der Waals surface area (Å²) in [5, 5.41) is -0.110. The summed E-state index contributed by atoms with van der Waals surface area (Å²) in [5.41, 5.74) is 1.17. The SMILES string of the molecule is CCOC(=O)C(C)(Br)CC(Cl)Cc1ccccc1. The molecule has 4 heteroatoms. The maximum atomic E-state index is 11.7. The third kappa shape index (κ3) is 4.99. The second-order valence-electron chi connectivity index (χ2n) is 4.41. The Hall–Kier alpha value is -0.540. The lowest BCUT2D eigenvalue weighted by atomic mass is 10.0. The molecular weight excluding hydrogens is 316 g/mol. The Morgan fingerprint density at radius 3 is 2.61 bits per heavy atom. The summed E-state index contributed by atoms with van der Waals surface area (Å²) in [6.45, 7) is 3.97. The number of esters is 1. The van der Waals surface area contributed by atoms with Crippen molar-refractivity contribution in [2.24, 2.45) is 0 Å². The van der Waals surface area contributed by atoms with Crippen molar-refractivity contribution in [3.63, 3.8) is 0 Å². The fourth-order valence-corrected chi connectivity index (χ4v) is 2.90. The fraction of sp³-hybridized carbons (Fsp3) is 0.500. The number of hydrogen-bond donors (Lipinski definition) is 0. The predicted molar refractivity (Wildman–Crippen MR) is 78.4 cm³/mol. The summed E-state index contributed by atoms with van der Waals surface area (Å²) in [6.07, 6.45) is 1.27. The van der Waals surface area contributed by atoms with E-state index in [1.165, 1.54) is 5.56 Å². The van der Waals surface area contributed by atoms with Crippen LogP contribution in [0.25, 0.3) is 0 Å². The van der Waals surface area contributed by atoms with Gasteiger partial charge in [0.25, 0.3) is 0 Å². The van der Waals surface area contributed by atoms with Gasteiger partial charge in [0.05, 0.1) is 6.61 Å². The third-order valence-corrected chi connectivity index (χ3v) is 3.56. The largest absolute Gasteiger partial charge is 0.465 e. The van der Waals surface area contributed by atoms with E-state index in [0.717, 1.165) is 6.42 Å². The number of halogens is 2. The van der Waals surface area contributed by atoms with Gasteiger partial charge >= 0.3 is 5.97 Å². The van der Waals surface area contributed by atoms with Gasteiger partial charge in [0.2, 0.25) is 0 Å². The minimum atomic E-state index is -0.718. The number of alkyl halides is 2. The van der Waals surface area contributed by atoms with Crippen LogP contribution in [-0.2, 0) is 16.0 Å². The second-order valence-corrected chi connectivity index (χ2v) is 6.78. The van der Waals surface area contributed by atoms with E-state index in [1.807, 2.05) is 30.3 Å². The van der Waals surface area contributed by atoms with Crippen molar-refractivity contribution >= 4 is 33.5 Å². The number of hydrogen-bond acceptors (Lipinski definition) is 2. The first-order valence-corrected chi connectivity index (χ1v) is 7.22. The Kier molecular flexibility index (Phi) is 6.16. The highest BCUT2D eigenvalue weighted by Gasteiger charge is 2.33. The summed E-state index contributed by atoms with van der Waals surface area (Å²) >= 11 is 9.71. The van der Waals surface area contributed by atoms with Crippen LogP contribution in [-0.4, -0.2) is 22.3 Å². The maximum Gasteiger partial charge on any atom is 0.322 e. The molecule has 0 saturated heterocycles. The Balaban J connectivity index is 2.53. The van der Waals surface area contributed by atoms with Crippen molar-refractivity contribution < 1.29 is 9.53 Å². The third-order valence-electron chi connectivity index (χ3n) is 2.61. The average molecular weight is 334 g/mol. The zero-order valence-corrected chi connectivity index (χ0v) is 13.0. The quantitative estimate of drug-likeness (QED) is 0.582. The molecule has 0 aromatic heterocycles. The first kappa shape index (κ1) is 15.5. The van der Waals surface area contributed by atoms with E-state index in [1.54, 1.807) is 13.8 Å². The highest BCUT2D eigenvalue weighted by Crippen LogP contribution is 2.29. The highest BCUT2D eigenvalue weighted by molar-refractivity contribution is 9.10. The second kappa shape index (κ2) is 7.15. The predicted octanol–water partition coefficient (Wildman–Crippen LogP) is 3.94. The molecular formula is C14H18BrClO2. The Morgan fingerprint density at radius 2 is 2.06 bits per heavy atom. The minimum absolute atomic E-state index is 0.110. The van der Waals surface area contributed by atoms with Crippen LogP contribution < -0.4 is 0 Å². The van der Waals surface area contributed by atoms with Gasteiger partial charge in [0.15, 0.2) is 0 Å². The van der Waals surface area contributed by atoms with Crippen LogP contribution in [0.15, 0.2) is 30.3 Å². The van der Waals surface area contributed by atoms with Crippen LogP contribution in [0.2, 0.25) is 0 Å². The van der Waals surface area contributed by atoms with Crippen molar-refractivity contribution in [1.82, 2.24) is 0 Å². The van der Waals surface area contributed by atoms with Crippen LogP contribution in [0.4, 0.5) is 0 Å². The van der Waals surface area contributed by atoms with Gasteiger partial charge in [-0.15, -0.1) is 11.6 Å². The number of carbonyl (C=O) groups is 1. The van der Waals surface area contributed by atoms with Crippen LogP contribution in [0, 0.1) is 0 Å². The smallest absolute Gasteiger partial charge is 0.322 e. The molecule has 0 amide bonds. The lowest BCUT2D eigenvalue weighted by Crippen LogP contribution is -2.33. The lowest BCUT2D eigenvalue weighted by Gasteiger charge is -2.23. The zero-order valence-electron chi connectivity index (χ0n) is 10.7. The average Bonchev–Trinajstić information content (AvgIpc) is 2.29. The first-order valence-electron chi connectivity index (χ1n) is 6.00. The minimum Gasteiger partial charge on any atom is -0.465 e. The molecule has 2 nitrogen and oxygen atoms in total. The first-order chi connectivity index (χ1) is 8.45. The molecule has 0 heterocycles. The molecule has 0 spiro atoms. The van der Waals surface area contributed by atoms with Crippen molar-refractivity contribution in [2.45, 2.75) is 36.4 Å². The molecule has 0 N–H and O–H groups in total. The topological polar surface area (TPSA) is 26.3 Å². The van der Waals surface area contributed by atoms with E-state index in [0.29, 0.717) is 13.0 Å². The highest BCUT2D eigenvalue weighted by atomic mass is 79.9. The van der Waals surface area contributed by atoms with E-state index < -0.39 is 4.32 Å². The Morgan fingerprint density at radius 1 is 1.44 bits per heavy atom. The molecule has 0 bridgehead atoms. The normalized spacial score (nSPS) is 15.8. The van der Waals surface area contributed by atoms with Crippen molar-refractivity contribution in [3.8, 4) is 0 Å². The summed E-state index contributed by atoms with van der Waals surface area (Å²) in [4.78, 5) is 11.7. The molecule has 0 aliphatic heterocycles. The molecule has 1 rings (SSSR count). The van der Waals surface area contributed by atoms with Crippen LogP contribution in [0.3, 0.4) is 0 Å². The van der Waals surface area contributed by atoms with Gasteiger partial charge in [-0.05, 0) is 32.3 Å².